The number of aliphatic hydroxyl groups excluding tert-OH is 1. The highest BCUT2D eigenvalue weighted by molar-refractivity contribution is 5.85. The molecule has 0 bridgehead atoms. The molecule has 1 fully saturated rings. The van der Waals surface area contributed by atoms with Crippen molar-refractivity contribution in [3.05, 3.63) is 65.2 Å². The third kappa shape index (κ3) is 5.68. The zero-order valence-corrected chi connectivity index (χ0v) is 18.9. The summed E-state index contributed by atoms with van der Waals surface area (Å²) in [4.78, 5) is 27.8. The van der Waals surface area contributed by atoms with Crippen molar-refractivity contribution >= 4 is 11.8 Å². The average molecular weight is 461 g/mol. The zero-order valence-electron chi connectivity index (χ0n) is 18.9. The number of methoxy groups -OCH3 is 1. The Morgan fingerprint density at radius 2 is 2.03 bits per heavy atom. The Balaban J connectivity index is 1.83. The van der Waals surface area contributed by atoms with E-state index in [-0.39, 0.29) is 30.3 Å². The molecule has 6 nitrogen and oxygen atoms in total. The van der Waals surface area contributed by atoms with Crippen LogP contribution in [0.15, 0.2) is 42.5 Å². The number of rotatable bonds is 9. The highest BCUT2D eigenvalue weighted by atomic mass is 19.1. The summed E-state index contributed by atoms with van der Waals surface area (Å²) < 4.78 is 32.7. The van der Waals surface area contributed by atoms with Crippen LogP contribution in [0.5, 0.6) is 5.75 Å². The van der Waals surface area contributed by atoms with Crippen molar-refractivity contribution in [3.8, 4) is 5.75 Å². The highest BCUT2D eigenvalue weighted by Crippen LogP contribution is 2.41. The quantitative estimate of drug-likeness (QED) is 0.595. The van der Waals surface area contributed by atoms with Gasteiger partial charge in [-0.2, -0.15) is 0 Å². The molecule has 2 aromatic carbocycles. The van der Waals surface area contributed by atoms with Crippen LogP contribution in [0.1, 0.15) is 55.9 Å². The van der Waals surface area contributed by atoms with E-state index in [1.807, 2.05) is 25.1 Å². The van der Waals surface area contributed by atoms with Crippen LogP contribution in [-0.4, -0.2) is 42.0 Å². The predicted molar refractivity (Wildman–Crippen MR) is 119 cm³/mol. The third-order valence-electron chi connectivity index (χ3n) is 6.04. The molecule has 0 saturated carbocycles. The van der Waals surface area contributed by atoms with Crippen LogP contribution in [0.4, 0.5) is 8.78 Å². The second-order valence-electron chi connectivity index (χ2n) is 8.20. The molecule has 1 aliphatic heterocycles. The molecule has 3 rings (SSSR count). The van der Waals surface area contributed by atoms with Gasteiger partial charge in [-0.1, -0.05) is 37.6 Å². The van der Waals surface area contributed by atoms with Crippen molar-refractivity contribution in [3.63, 3.8) is 0 Å². The molecule has 0 radical (unpaired) electrons. The number of halogens is 2. The van der Waals surface area contributed by atoms with Crippen LogP contribution in [0.3, 0.4) is 0 Å². The number of ether oxygens (including phenoxy) is 1. The van der Waals surface area contributed by atoms with Gasteiger partial charge in [0.05, 0.1) is 25.2 Å². The topological polar surface area (TPSA) is 78.9 Å². The molecule has 0 aromatic heterocycles. The molecule has 178 valence electrons. The van der Waals surface area contributed by atoms with Crippen LogP contribution in [0.2, 0.25) is 0 Å². The number of nitrogens with one attached hydrogen (secondary N) is 1. The van der Waals surface area contributed by atoms with Gasteiger partial charge in [-0.25, -0.2) is 8.78 Å². The standard InChI is InChI=1S/C25H30F2N2O4/c1-3-4-13-29-23(31)12-11-19(24(29)18-7-5-6-8-22(18)33-2)25(32)28-15-21(30)17-10-9-16(26)14-20(17)27/h5-10,14,19,21,24,30H,3-4,11-13,15H2,1-2H3,(H,28,32). The summed E-state index contributed by atoms with van der Waals surface area (Å²) in [6, 6.07) is 9.69. The van der Waals surface area contributed by atoms with Crippen molar-refractivity contribution in [1.29, 1.82) is 0 Å². The van der Waals surface area contributed by atoms with E-state index >= 15 is 0 Å². The van der Waals surface area contributed by atoms with E-state index in [9.17, 15) is 23.5 Å². The molecule has 0 spiro atoms. The summed E-state index contributed by atoms with van der Waals surface area (Å²) >= 11 is 0. The van der Waals surface area contributed by atoms with Gasteiger partial charge in [0.2, 0.25) is 11.8 Å². The van der Waals surface area contributed by atoms with E-state index in [2.05, 4.69) is 5.32 Å². The van der Waals surface area contributed by atoms with Gasteiger partial charge in [-0.05, 0) is 25.0 Å². The van der Waals surface area contributed by atoms with Gasteiger partial charge in [-0.15, -0.1) is 0 Å². The van der Waals surface area contributed by atoms with Crippen molar-refractivity contribution in [2.45, 2.75) is 44.8 Å². The molecule has 3 unspecified atom stereocenters. The van der Waals surface area contributed by atoms with Crippen molar-refractivity contribution in [1.82, 2.24) is 10.2 Å². The Bertz CT molecular complexity index is 985. The van der Waals surface area contributed by atoms with Crippen molar-refractivity contribution < 1.29 is 28.2 Å². The van der Waals surface area contributed by atoms with E-state index in [4.69, 9.17) is 4.74 Å². The molecule has 1 aliphatic rings. The summed E-state index contributed by atoms with van der Waals surface area (Å²) in [7, 11) is 1.54. The lowest BCUT2D eigenvalue weighted by Gasteiger charge is -2.41. The number of benzene rings is 2. The molecule has 2 amide bonds. The first-order valence-electron chi connectivity index (χ1n) is 11.2. The fraction of sp³-hybridized carbons (Fsp3) is 0.440. The van der Waals surface area contributed by atoms with Crippen LogP contribution >= 0.6 is 0 Å². The maximum atomic E-state index is 14.0. The number of nitrogens with zero attached hydrogens (tertiary/aromatic N) is 1. The Kier molecular flexibility index (Phi) is 8.38. The zero-order chi connectivity index (χ0) is 24.0. The molecular weight excluding hydrogens is 430 g/mol. The fourth-order valence-corrected chi connectivity index (χ4v) is 4.32. The van der Waals surface area contributed by atoms with E-state index in [0.29, 0.717) is 24.8 Å². The number of amides is 2. The molecule has 1 saturated heterocycles. The first-order chi connectivity index (χ1) is 15.9. The number of aliphatic hydroxyl groups is 1. The van der Waals surface area contributed by atoms with Gasteiger partial charge >= 0.3 is 0 Å². The van der Waals surface area contributed by atoms with Gasteiger partial charge in [0.15, 0.2) is 0 Å². The fourth-order valence-electron chi connectivity index (χ4n) is 4.32. The molecule has 2 aromatic rings. The maximum absolute atomic E-state index is 14.0. The number of unbranched alkanes of at least 4 members (excludes halogenated alkanes) is 1. The molecule has 33 heavy (non-hydrogen) atoms. The van der Waals surface area contributed by atoms with Crippen LogP contribution in [0, 0.1) is 17.6 Å². The Morgan fingerprint density at radius 1 is 1.27 bits per heavy atom. The summed E-state index contributed by atoms with van der Waals surface area (Å²) in [5.74, 6) is -1.96. The Hall–Kier alpha value is -3.00. The number of carbonyl (C=O) groups is 2. The van der Waals surface area contributed by atoms with E-state index in [1.165, 1.54) is 0 Å². The number of para-hydroxylation sites is 1. The van der Waals surface area contributed by atoms with Crippen molar-refractivity contribution in [2.24, 2.45) is 5.92 Å². The van der Waals surface area contributed by atoms with Crippen LogP contribution < -0.4 is 10.1 Å². The number of carbonyl (C=O) groups excluding carboxylic acids is 2. The number of hydrogen-bond donors (Lipinski definition) is 2. The molecule has 2 N–H and O–H groups in total. The molecule has 3 atom stereocenters. The summed E-state index contributed by atoms with van der Waals surface area (Å²) in [5.41, 5.74) is 0.649. The first kappa shape index (κ1) is 24.6. The summed E-state index contributed by atoms with van der Waals surface area (Å²) in [6.07, 6.45) is 0.948. The SMILES string of the molecule is CCCCN1C(=O)CCC(C(=O)NCC(O)c2ccc(F)cc2F)C1c1ccccc1OC. The average Bonchev–Trinajstić information content (AvgIpc) is 2.81. The lowest BCUT2D eigenvalue weighted by molar-refractivity contribution is -0.143. The maximum Gasteiger partial charge on any atom is 0.225 e. The highest BCUT2D eigenvalue weighted by Gasteiger charge is 2.41. The van der Waals surface area contributed by atoms with Gasteiger partial charge < -0.3 is 20.1 Å². The third-order valence-corrected chi connectivity index (χ3v) is 6.04. The van der Waals surface area contributed by atoms with Gasteiger partial charge in [0, 0.05) is 36.7 Å². The van der Waals surface area contributed by atoms with Crippen LogP contribution in [-0.2, 0) is 9.59 Å². The van der Waals surface area contributed by atoms with E-state index in [0.717, 1.165) is 30.5 Å². The van der Waals surface area contributed by atoms with Crippen LogP contribution in [0.25, 0.3) is 0 Å². The summed E-state index contributed by atoms with van der Waals surface area (Å²) in [5, 5.41) is 13.0. The normalized spacial score (nSPS) is 19.3. The number of piperidine rings is 1. The first-order valence-corrected chi connectivity index (χ1v) is 11.2. The lowest BCUT2D eigenvalue weighted by Crippen LogP contribution is -2.49. The molecular formula is C25H30F2N2O4. The second-order valence-corrected chi connectivity index (χ2v) is 8.20. The Morgan fingerprint density at radius 3 is 2.73 bits per heavy atom. The monoisotopic (exact) mass is 460 g/mol. The summed E-state index contributed by atoms with van der Waals surface area (Å²) in [6.45, 7) is 2.32. The molecule has 0 aliphatic carbocycles. The second kappa shape index (κ2) is 11.2. The van der Waals surface area contributed by atoms with Gasteiger partial charge in [0.1, 0.15) is 17.4 Å². The van der Waals surface area contributed by atoms with Gasteiger partial charge in [-0.3, -0.25) is 9.59 Å². The Labute approximate surface area is 192 Å². The largest absolute Gasteiger partial charge is 0.496 e. The smallest absolute Gasteiger partial charge is 0.225 e. The minimum atomic E-state index is -1.33. The van der Waals surface area contributed by atoms with Gasteiger partial charge in [0.25, 0.3) is 0 Å². The van der Waals surface area contributed by atoms with Crippen molar-refractivity contribution in [2.75, 3.05) is 20.2 Å². The predicted octanol–water partition coefficient (Wildman–Crippen LogP) is 3.90. The molecule has 1 heterocycles. The minimum absolute atomic E-state index is 0.0168. The lowest BCUT2D eigenvalue weighted by atomic mass is 9.83. The molecule has 8 heteroatoms. The minimum Gasteiger partial charge on any atom is -0.496 e. The van der Waals surface area contributed by atoms with E-state index in [1.54, 1.807) is 18.1 Å². The van der Waals surface area contributed by atoms with E-state index < -0.39 is 29.7 Å². The number of hydrogen-bond acceptors (Lipinski definition) is 4. The number of likely N-dealkylation sites (tertiary alicyclic amines) is 1.